The first kappa shape index (κ1) is 22.3. The Bertz CT molecular complexity index is 773. The average molecular weight is 410 g/mol. The molecule has 0 bridgehead atoms. The Morgan fingerprint density at radius 2 is 1.80 bits per heavy atom. The number of benzene rings is 2. The van der Waals surface area contributed by atoms with E-state index in [9.17, 15) is 4.79 Å². The van der Waals surface area contributed by atoms with Crippen LogP contribution in [0.3, 0.4) is 0 Å². The van der Waals surface area contributed by atoms with Gasteiger partial charge in [0.2, 0.25) is 5.91 Å². The Balaban J connectivity index is 1.24. The molecule has 3 rings (SSSR count). The first-order valence-electron chi connectivity index (χ1n) is 11.1. The number of nitrogens with one attached hydrogen (secondary N) is 1. The van der Waals surface area contributed by atoms with E-state index < -0.39 is 6.10 Å². The first-order valence-corrected chi connectivity index (χ1v) is 11.1. The highest BCUT2D eigenvalue weighted by Gasteiger charge is 2.17. The van der Waals surface area contributed by atoms with E-state index in [-0.39, 0.29) is 5.91 Å². The molecule has 1 fully saturated rings. The number of amides is 1. The molecule has 2 aromatic carbocycles. The molecule has 1 aliphatic heterocycles. The van der Waals surface area contributed by atoms with Crippen LogP contribution in [0.5, 0.6) is 0 Å². The number of rotatable bonds is 10. The van der Waals surface area contributed by atoms with Crippen LogP contribution in [0.2, 0.25) is 0 Å². The summed E-state index contributed by atoms with van der Waals surface area (Å²) in [5.74, 6) is -0.0299. The number of carbonyl (C=O) groups excluding carboxylic acids is 1. The fourth-order valence-electron chi connectivity index (χ4n) is 3.74. The fraction of sp³-hybridized carbons (Fsp3) is 0.480. The van der Waals surface area contributed by atoms with Gasteiger partial charge in [0.15, 0.2) is 0 Å². The molecule has 1 atom stereocenters. The van der Waals surface area contributed by atoms with Crippen molar-refractivity contribution in [3.8, 4) is 0 Å². The third-order valence-corrected chi connectivity index (χ3v) is 5.65. The monoisotopic (exact) mass is 409 g/mol. The number of hydrogen-bond acceptors (Lipinski definition) is 4. The Labute approximate surface area is 181 Å². The molecule has 0 radical (unpaired) electrons. The minimum atomic E-state index is -0.431. The molecule has 1 N–H and O–H groups in total. The molecule has 0 aromatic heterocycles. The van der Waals surface area contributed by atoms with Crippen molar-refractivity contribution < 1.29 is 9.53 Å². The average Bonchev–Trinajstić information content (AvgIpc) is 2.78. The van der Waals surface area contributed by atoms with Crippen LogP contribution in [0.15, 0.2) is 54.6 Å². The molecule has 1 heterocycles. The van der Waals surface area contributed by atoms with E-state index >= 15 is 0 Å². The maximum Gasteiger partial charge on any atom is 0.248 e. The van der Waals surface area contributed by atoms with Gasteiger partial charge in [0.1, 0.15) is 6.10 Å². The number of nitrogens with zero attached hydrogens (tertiary/aromatic N) is 2. The van der Waals surface area contributed by atoms with Crippen molar-refractivity contribution in [2.24, 2.45) is 0 Å². The van der Waals surface area contributed by atoms with E-state index in [4.69, 9.17) is 4.74 Å². The van der Waals surface area contributed by atoms with Crippen molar-refractivity contribution in [3.63, 3.8) is 0 Å². The third kappa shape index (κ3) is 7.15. The van der Waals surface area contributed by atoms with Crippen LogP contribution in [-0.2, 0) is 16.1 Å². The van der Waals surface area contributed by atoms with Crippen LogP contribution in [0.1, 0.15) is 30.9 Å². The second-order valence-corrected chi connectivity index (χ2v) is 8.10. The van der Waals surface area contributed by atoms with Crippen molar-refractivity contribution in [2.45, 2.75) is 39.4 Å². The summed E-state index contributed by atoms with van der Waals surface area (Å²) in [6.07, 6.45) is 1.67. The molecule has 1 aliphatic rings. The van der Waals surface area contributed by atoms with Gasteiger partial charge in [-0.3, -0.25) is 9.69 Å². The number of aryl methyl sites for hydroxylation is 1. The minimum Gasteiger partial charge on any atom is -0.369 e. The highest BCUT2D eigenvalue weighted by molar-refractivity contribution is 5.80. The molecular weight excluding hydrogens is 374 g/mol. The highest BCUT2D eigenvalue weighted by atomic mass is 16.5. The molecule has 1 amide bonds. The van der Waals surface area contributed by atoms with Gasteiger partial charge in [0, 0.05) is 38.4 Å². The molecule has 2 aromatic rings. The smallest absolute Gasteiger partial charge is 0.248 e. The lowest BCUT2D eigenvalue weighted by Crippen LogP contribution is -2.46. The van der Waals surface area contributed by atoms with Crippen LogP contribution in [0, 0.1) is 6.92 Å². The lowest BCUT2D eigenvalue weighted by molar-refractivity contribution is -0.132. The zero-order valence-electron chi connectivity index (χ0n) is 18.3. The summed E-state index contributed by atoms with van der Waals surface area (Å²) in [5.41, 5.74) is 3.73. The lowest BCUT2D eigenvalue weighted by atomic mass is 10.2. The maximum absolute atomic E-state index is 12.2. The molecule has 0 aliphatic carbocycles. The summed E-state index contributed by atoms with van der Waals surface area (Å²) < 4.78 is 5.67. The van der Waals surface area contributed by atoms with Crippen LogP contribution in [0.25, 0.3) is 0 Å². The minimum absolute atomic E-state index is 0.0299. The molecule has 162 valence electrons. The largest absolute Gasteiger partial charge is 0.369 e. The maximum atomic E-state index is 12.2. The highest BCUT2D eigenvalue weighted by Crippen LogP contribution is 2.17. The molecule has 5 heteroatoms. The molecular formula is C25H35N3O2. The van der Waals surface area contributed by atoms with Crippen LogP contribution in [0.4, 0.5) is 5.69 Å². The van der Waals surface area contributed by atoms with Crippen molar-refractivity contribution in [3.05, 3.63) is 65.7 Å². The van der Waals surface area contributed by atoms with Gasteiger partial charge in [-0.05, 0) is 56.5 Å². The number of unbranched alkanes of at least 4 members (excludes halogenated alkanes) is 1. The summed E-state index contributed by atoms with van der Waals surface area (Å²) in [6.45, 7) is 10.6. The van der Waals surface area contributed by atoms with Gasteiger partial charge in [-0.1, -0.05) is 42.5 Å². The van der Waals surface area contributed by atoms with E-state index in [0.29, 0.717) is 13.2 Å². The number of carbonyl (C=O) groups is 1. The van der Waals surface area contributed by atoms with Gasteiger partial charge in [0.25, 0.3) is 0 Å². The van der Waals surface area contributed by atoms with Crippen LogP contribution < -0.4 is 10.2 Å². The van der Waals surface area contributed by atoms with Crippen molar-refractivity contribution in [2.75, 3.05) is 44.2 Å². The summed E-state index contributed by atoms with van der Waals surface area (Å²) in [7, 11) is 0. The summed E-state index contributed by atoms with van der Waals surface area (Å²) in [5, 5.41) is 3.00. The first-order chi connectivity index (χ1) is 14.6. The summed E-state index contributed by atoms with van der Waals surface area (Å²) in [4.78, 5) is 17.2. The quantitative estimate of drug-likeness (QED) is 0.609. The normalized spacial score (nSPS) is 15.7. The van der Waals surface area contributed by atoms with Gasteiger partial charge in [0.05, 0.1) is 6.61 Å². The third-order valence-electron chi connectivity index (χ3n) is 5.65. The Morgan fingerprint density at radius 1 is 1.03 bits per heavy atom. The fourth-order valence-corrected chi connectivity index (χ4v) is 3.74. The zero-order valence-corrected chi connectivity index (χ0v) is 18.3. The Hall–Kier alpha value is -2.37. The molecule has 0 saturated carbocycles. The van der Waals surface area contributed by atoms with E-state index in [1.165, 1.54) is 11.3 Å². The molecule has 5 nitrogen and oxygen atoms in total. The summed E-state index contributed by atoms with van der Waals surface area (Å²) in [6, 6.07) is 18.7. The van der Waals surface area contributed by atoms with Crippen molar-refractivity contribution >= 4 is 11.6 Å². The van der Waals surface area contributed by atoms with Gasteiger partial charge in [-0.2, -0.15) is 0 Å². The molecule has 0 spiro atoms. The lowest BCUT2D eigenvalue weighted by Gasteiger charge is -2.36. The van der Waals surface area contributed by atoms with Crippen molar-refractivity contribution in [1.29, 1.82) is 0 Å². The number of hydrogen-bond donors (Lipinski definition) is 1. The summed E-state index contributed by atoms with van der Waals surface area (Å²) >= 11 is 0. The molecule has 1 unspecified atom stereocenters. The van der Waals surface area contributed by atoms with E-state index in [1.54, 1.807) is 0 Å². The zero-order chi connectivity index (χ0) is 21.2. The second kappa shape index (κ2) is 11.7. The van der Waals surface area contributed by atoms with Gasteiger partial charge in [-0.15, -0.1) is 0 Å². The molecule has 1 saturated heterocycles. The van der Waals surface area contributed by atoms with Gasteiger partial charge in [-0.25, -0.2) is 0 Å². The SMILES string of the molecule is Cc1cccc(N2CCN(CCCCNC(=O)C(C)OCc3ccccc3)CC2)c1. The van der Waals surface area contributed by atoms with E-state index in [0.717, 1.165) is 51.1 Å². The van der Waals surface area contributed by atoms with Crippen LogP contribution >= 0.6 is 0 Å². The van der Waals surface area contributed by atoms with Gasteiger partial charge < -0.3 is 15.0 Å². The predicted molar refractivity (Wildman–Crippen MR) is 123 cm³/mol. The van der Waals surface area contributed by atoms with Crippen molar-refractivity contribution in [1.82, 2.24) is 10.2 Å². The second-order valence-electron chi connectivity index (χ2n) is 8.10. The predicted octanol–water partition coefficient (Wildman–Crippen LogP) is 3.62. The Kier molecular flexibility index (Phi) is 8.72. The van der Waals surface area contributed by atoms with Gasteiger partial charge >= 0.3 is 0 Å². The Morgan fingerprint density at radius 3 is 2.53 bits per heavy atom. The van der Waals surface area contributed by atoms with E-state index in [2.05, 4.69) is 46.3 Å². The topological polar surface area (TPSA) is 44.8 Å². The number of ether oxygens (including phenoxy) is 1. The number of anilines is 1. The van der Waals surface area contributed by atoms with E-state index in [1.807, 2.05) is 37.3 Å². The van der Waals surface area contributed by atoms with Crippen LogP contribution in [-0.4, -0.2) is 56.2 Å². The standard InChI is InChI=1S/C25H35N3O2/c1-21-9-8-12-24(19-21)28-17-15-27(16-18-28)14-7-6-13-26-25(29)22(2)30-20-23-10-4-3-5-11-23/h3-5,8-12,19,22H,6-7,13-18,20H2,1-2H3,(H,26,29). The molecule has 30 heavy (non-hydrogen) atoms. The number of piperazine rings is 1.